The lowest BCUT2D eigenvalue weighted by atomic mass is 9.89. The van der Waals surface area contributed by atoms with Gasteiger partial charge in [0.1, 0.15) is 0 Å². The molecule has 3 aromatic rings. The average Bonchev–Trinajstić information content (AvgIpc) is 3.50. The summed E-state index contributed by atoms with van der Waals surface area (Å²) in [6, 6.07) is 19.4. The lowest BCUT2D eigenvalue weighted by Gasteiger charge is -2.35. The molecule has 3 aromatic carbocycles. The highest BCUT2D eigenvalue weighted by Crippen LogP contribution is 2.35. The molecule has 42 heavy (non-hydrogen) atoms. The van der Waals surface area contributed by atoms with Crippen LogP contribution in [0.1, 0.15) is 47.2 Å². The molecule has 2 aliphatic rings. The largest absolute Gasteiger partial charge is 0.418 e. The number of piperidine rings is 1. The highest BCUT2D eigenvalue weighted by Gasteiger charge is 2.33. The van der Waals surface area contributed by atoms with Crippen LogP contribution in [0.5, 0.6) is 0 Å². The van der Waals surface area contributed by atoms with E-state index >= 15 is 0 Å². The maximum absolute atomic E-state index is 13.4. The van der Waals surface area contributed by atoms with Crippen molar-refractivity contribution >= 4 is 29.0 Å². The van der Waals surface area contributed by atoms with Gasteiger partial charge < -0.3 is 25.6 Å². The van der Waals surface area contributed by atoms with Gasteiger partial charge in [-0.15, -0.1) is 0 Å². The highest BCUT2D eigenvalue weighted by atomic mass is 19.4. The molecule has 10 heteroatoms. The summed E-state index contributed by atoms with van der Waals surface area (Å²) in [6.07, 6.45) is 0.151. The first-order valence-electron chi connectivity index (χ1n) is 14.3. The Morgan fingerprint density at radius 3 is 2.36 bits per heavy atom. The summed E-state index contributed by atoms with van der Waals surface area (Å²) in [5.74, 6) is 0.253. The summed E-state index contributed by atoms with van der Waals surface area (Å²) in [5.41, 5.74) is 1.46. The molecule has 1 unspecified atom stereocenters. The molecule has 222 valence electrons. The Morgan fingerprint density at radius 1 is 0.905 bits per heavy atom. The van der Waals surface area contributed by atoms with Crippen LogP contribution in [0.3, 0.4) is 0 Å². The quantitative estimate of drug-likeness (QED) is 0.276. The minimum absolute atomic E-state index is 0.0353. The topological polar surface area (TPSA) is 82.7 Å². The zero-order valence-electron chi connectivity index (χ0n) is 23.3. The van der Waals surface area contributed by atoms with E-state index < -0.39 is 17.8 Å². The van der Waals surface area contributed by atoms with E-state index in [1.807, 2.05) is 6.07 Å². The van der Waals surface area contributed by atoms with Crippen molar-refractivity contribution in [3.63, 3.8) is 0 Å². The lowest BCUT2D eigenvalue weighted by Crippen LogP contribution is -2.37. The van der Waals surface area contributed by atoms with Crippen LogP contribution in [-0.2, 0) is 17.3 Å². The van der Waals surface area contributed by atoms with E-state index in [1.54, 1.807) is 18.2 Å². The Hall–Kier alpha value is -4.05. The average molecular weight is 581 g/mol. The number of urea groups is 1. The molecule has 0 aliphatic carbocycles. The fourth-order valence-electron chi connectivity index (χ4n) is 5.63. The Bertz CT molecular complexity index is 1370. The number of carbonyl (C=O) groups is 2. The van der Waals surface area contributed by atoms with Gasteiger partial charge in [0, 0.05) is 37.6 Å². The van der Waals surface area contributed by atoms with E-state index in [1.165, 1.54) is 23.8 Å². The van der Waals surface area contributed by atoms with Gasteiger partial charge >= 0.3 is 12.2 Å². The summed E-state index contributed by atoms with van der Waals surface area (Å²) in [4.78, 5) is 28.3. The number of hydrogen-bond acceptors (Lipinski definition) is 4. The van der Waals surface area contributed by atoms with Crippen LogP contribution in [0.15, 0.2) is 72.8 Å². The van der Waals surface area contributed by atoms with E-state index in [0.717, 1.165) is 56.9 Å². The van der Waals surface area contributed by atoms with E-state index in [9.17, 15) is 22.8 Å². The fourth-order valence-corrected chi connectivity index (χ4v) is 5.63. The molecule has 2 aliphatic heterocycles. The second-order valence-corrected chi connectivity index (χ2v) is 10.8. The maximum Gasteiger partial charge on any atom is 0.418 e. The summed E-state index contributed by atoms with van der Waals surface area (Å²) < 4.78 is 45.8. The molecule has 0 radical (unpaired) electrons. The van der Waals surface area contributed by atoms with Crippen molar-refractivity contribution in [1.82, 2.24) is 5.32 Å². The van der Waals surface area contributed by atoms with Crippen molar-refractivity contribution < 1.29 is 27.5 Å². The molecule has 2 heterocycles. The van der Waals surface area contributed by atoms with Crippen LogP contribution in [0.4, 0.5) is 35.0 Å². The number of nitrogens with zero attached hydrogens (tertiary/aromatic N) is 1. The first-order valence-corrected chi connectivity index (χ1v) is 14.3. The predicted octanol–water partition coefficient (Wildman–Crippen LogP) is 6.72. The van der Waals surface area contributed by atoms with E-state index in [-0.39, 0.29) is 17.7 Å². The first kappa shape index (κ1) is 29.4. The Morgan fingerprint density at radius 2 is 1.64 bits per heavy atom. The van der Waals surface area contributed by atoms with Crippen molar-refractivity contribution in [3.05, 3.63) is 89.5 Å². The van der Waals surface area contributed by atoms with Gasteiger partial charge in [0.15, 0.2) is 0 Å². The van der Waals surface area contributed by atoms with E-state index in [4.69, 9.17) is 4.74 Å². The second kappa shape index (κ2) is 13.3. The van der Waals surface area contributed by atoms with E-state index in [2.05, 4.69) is 45.1 Å². The molecule has 3 amide bonds. The number of hydrogen-bond donors (Lipinski definition) is 3. The summed E-state index contributed by atoms with van der Waals surface area (Å²) >= 11 is 0. The third kappa shape index (κ3) is 7.61. The van der Waals surface area contributed by atoms with Gasteiger partial charge in [-0.1, -0.05) is 42.5 Å². The number of para-hydroxylation sites is 1. The van der Waals surface area contributed by atoms with Crippen molar-refractivity contribution in [3.8, 4) is 0 Å². The minimum Gasteiger partial charge on any atom is -0.376 e. The maximum atomic E-state index is 13.4. The first-order chi connectivity index (χ1) is 20.3. The summed E-state index contributed by atoms with van der Waals surface area (Å²) in [5, 5.41) is 7.83. The second-order valence-electron chi connectivity index (χ2n) is 10.8. The number of anilines is 3. The summed E-state index contributed by atoms with van der Waals surface area (Å²) in [7, 11) is 0. The van der Waals surface area contributed by atoms with Gasteiger partial charge in [-0.05, 0) is 73.9 Å². The molecule has 0 saturated carbocycles. The summed E-state index contributed by atoms with van der Waals surface area (Å²) in [6.45, 7) is 2.62. The van der Waals surface area contributed by atoms with Crippen molar-refractivity contribution in [2.24, 2.45) is 5.92 Å². The lowest BCUT2D eigenvalue weighted by molar-refractivity contribution is -0.136. The molecular formula is C32H35F3N4O3. The standard InChI is InChI=1S/C32H35F3N4O3/c33-32(34,35)27-10-4-5-11-28(27)38-31(41)37-24-12-13-29(26(20-24)30(40)36-21-25-9-6-18-42-25)39-16-14-23(15-17-39)19-22-7-2-1-3-8-22/h1-5,7-8,10-13,20,23,25H,6,9,14-19,21H2,(H,36,40)(H2,37,38,41). The number of benzene rings is 3. The van der Waals surface area contributed by atoms with Crippen LogP contribution in [0.2, 0.25) is 0 Å². The molecule has 7 nitrogen and oxygen atoms in total. The molecule has 0 aromatic heterocycles. The van der Waals surface area contributed by atoms with Crippen LogP contribution < -0.4 is 20.9 Å². The van der Waals surface area contributed by atoms with Crippen molar-refractivity contribution in [1.29, 1.82) is 0 Å². The van der Waals surface area contributed by atoms with Gasteiger partial charge in [0.2, 0.25) is 0 Å². The van der Waals surface area contributed by atoms with Gasteiger partial charge in [-0.2, -0.15) is 13.2 Å². The molecular weight excluding hydrogens is 545 g/mol. The predicted molar refractivity (Wildman–Crippen MR) is 157 cm³/mol. The third-order valence-electron chi connectivity index (χ3n) is 7.82. The normalized spacial score (nSPS) is 17.6. The molecule has 0 spiro atoms. The van der Waals surface area contributed by atoms with Gasteiger partial charge in [-0.25, -0.2) is 4.79 Å². The molecule has 2 fully saturated rings. The number of nitrogens with one attached hydrogen (secondary N) is 3. The Labute approximate surface area is 243 Å². The van der Waals surface area contributed by atoms with Gasteiger partial charge in [0.05, 0.1) is 22.9 Å². The fraction of sp³-hybridized carbons (Fsp3) is 0.375. The molecule has 1 atom stereocenters. The number of alkyl halides is 3. The van der Waals surface area contributed by atoms with Crippen LogP contribution in [-0.4, -0.2) is 44.3 Å². The molecule has 3 N–H and O–H groups in total. The van der Waals surface area contributed by atoms with Gasteiger partial charge in [-0.3, -0.25) is 4.79 Å². The van der Waals surface area contributed by atoms with Crippen LogP contribution in [0.25, 0.3) is 0 Å². The number of halogens is 3. The Balaban J connectivity index is 1.30. The minimum atomic E-state index is -4.62. The molecule has 5 rings (SSSR count). The molecule has 0 bridgehead atoms. The van der Waals surface area contributed by atoms with Crippen LogP contribution in [0, 0.1) is 5.92 Å². The zero-order chi connectivity index (χ0) is 29.5. The zero-order valence-corrected chi connectivity index (χ0v) is 23.3. The number of rotatable bonds is 8. The smallest absolute Gasteiger partial charge is 0.376 e. The number of ether oxygens (including phenoxy) is 1. The highest BCUT2D eigenvalue weighted by molar-refractivity contribution is 6.04. The van der Waals surface area contributed by atoms with Crippen molar-refractivity contribution in [2.75, 3.05) is 41.8 Å². The SMILES string of the molecule is O=C(Nc1ccc(N2CCC(Cc3ccccc3)CC2)c(C(=O)NCC2CCCO2)c1)Nc1ccccc1C(F)(F)F. The third-order valence-corrected chi connectivity index (χ3v) is 7.82. The number of amides is 3. The monoisotopic (exact) mass is 580 g/mol. The van der Waals surface area contributed by atoms with Gasteiger partial charge in [0.25, 0.3) is 5.91 Å². The Kier molecular flexibility index (Phi) is 9.31. The van der Waals surface area contributed by atoms with Crippen LogP contribution >= 0.6 is 0 Å². The van der Waals surface area contributed by atoms with E-state index in [0.29, 0.717) is 30.3 Å². The number of carbonyl (C=O) groups excluding carboxylic acids is 2. The molecule has 2 saturated heterocycles. The van der Waals surface area contributed by atoms with Crippen molar-refractivity contribution in [2.45, 2.75) is 44.4 Å².